The van der Waals surface area contributed by atoms with Gasteiger partial charge in [0, 0.05) is 54.2 Å². The van der Waals surface area contributed by atoms with Crippen LogP contribution in [0.5, 0.6) is 0 Å². The van der Waals surface area contributed by atoms with E-state index < -0.39 is 6.43 Å². The highest BCUT2D eigenvalue weighted by Gasteiger charge is 2.13. The normalized spacial score (nSPS) is 11.3. The Hall–Kier alpha value is -4.20. The van der Waals surface area contributed by atoms with Crippen LogP contribution in [0.15, 0.2) is 73.6 Å². The number of aryl methyl sites for hydroxylation is 2. The van der Waals surface area contributed by atoms with Gasteiger partial charge in [-0.3, -0.25) is 14.4 Å². The van der Waals surface area contributed by atoms with E-state index in [1.807, 2.05) is 36.8 Å². The molecule has 8 heteroatoms. The predicted octanol–water partition coefficient (Wildman–Crippen LogP) is 6.02. The number of halogens is 2. The number of alkyl halides is 2. The molecule has 0 amide bonds. The van der Waals surface area contributed by atoms with Crippen molar-refractivity contribution in [3.05, 3.63) is 95.8 Å². The Morgan fingerprint density at radius 1 is 0.941 bits per heavy atom. The van der Waals surface area contributed by atoms with E-state index >= 15 is 0 Å². The van der Waals surface area contributed by atoms with Crippen LogP contribution in [0.25, 0.3) is 28.2 Å². The highest BCUT2D eigenvalue weighted by atomic mass is 19.3. The van der Waals surface area contributed by atoms with Gasteiger partial charge in [-0.25, -0.2) is 18.7 Å². The SMILES string of the molecule is Cc1cncc(-c2ncc(CNc3nccn4c(-c5cccc(C(F)F)c5)cnc34)cc2C)c1. The zero-order valence-electron chi connectivity index (χ0n) is 18.7. The zero-order valence-corrected chi connectivity index (χ0v) is 18.7. The van der Waals surface area contributed by atoms with Crippen LogP contribution < -0.4 is 5.32 Å². The van der Waals surface area contributed by atoms with Crippen molar-refractivity contribution in [2.75, 3.05) is 5.32 Å². The van der Waals surface area contributed by atoms with Gasteiger partial charge < -0.3 is 5.32 Å². The summed E-state index contributed by atoms with van der Waals surface area (Å²) in [5.74, 6) is 0.600. The van der Waals surface area contributed by atoms with Gasteiger partial charge in [-0.15, -0.1) is 0 Å². The monoisotopic (exact) mass is 456 g/mol. The van der Waals surface area contributed by atoms with Gasteiger partial charge in [0.25, 0.3) is 6.43 Å². The van der Waals surface area contributed by atoms with Crippen LogP contribution in [0.3, 0.4) is 0 Å². The van der Waals surface area contributed by atoms with E-state index in [0.29, 0.717) is 23.6 Å². The van der Waals surface area contributed by atoms with E-state index in [0.717, 1.165) is 33.6 Å². The van der Waals surface area contributed by atoms with Gasteiger partial charge in [0.15, 0.2) is 11.5 Å². The molecule has 1 aromatic carbocycles. The van der Waals surface area contributed by atoms with Gasteiger partial charge in [0.1, 0.15) is 0 Å². The second-order valence-corrected chi connectivity index (χ2v) is 8.15. The van der Waals surface area contributed by atoms with Crippen molar-refractivity contribution in [3.63, 3.8) is 0 Å². The molecule has 0 bridgehead atoms. The van der Waals surface area contributed by atoms with Gasteiger partial charge in [-0.2, -0.15) is 0 Å². The maximum absolute atomic E-state index is 13.1. The molecule has 0 aliphatic heterocycles. The third kappa shape index (κ3) is 4.22. The molecule has 0 aliphatic rings. The first-order valence-electron chi connectivity index (χ1n) is 10.8. The Morgan fingerprint density at radius 3 is 2.62 bits per heavy atom. The topological polar surface area (TPSA) is 68.0 Å². The van der Waals surface area contributed by atoms with E-state index in [-0.39, 0.29) is 5.56 Å². The lowest BCUT2D eigenvalue weighted by atomic mass is 10.1. The summed E-state index contributed by atoms with van der Waals surface area (Å²) < 4.78 is 28.1. The summed E-state index contributed by atoms with van der Waals surface area (Å²) in [4.78, 5) is 17.8. The molecule has 0 fully saturated rings. The van der Waals surface area contributed by atoms with E-state index in [9.17, 15) is 8.78 Å². The predicted molar refractivity (Wildman–Crippen MR) is 128 cm³/mol. The standard InChI is InChI=1S/C26H22F2N6/c1-16-8-21(14-29-11-16)23-17(2)9-18(12-31-23)13-32-25-26-33-15-22(34(26)7-6-30-25)19-4-3-5-20(10-19)24(27)28/h3-12,14-15,24H,13H2,1-2H3,(H,30,32). The largest absolute Gasteiger partial charge is 0.363 e. The first-order chi connectivity index (χ1) is 16.5. The highest BCUT2D eigenvalue weighted by Crippen LogP contribution is 2.28. The summed E-state index contributed by atoms with van der Waals surface area (Å²) in [5, 5.41) is 3.33. The number of rotatable bonds is 6. The number of anilines is 1. The number of imidazole rings is 1. The molecule has 6 nitrogen and oxygen atoms in total. The molecule has 4 aromatic heterocycles. The van der Waals surface area contributed by atoms with Crippen molar-refractivity contribution in [1.29, 1.82) is 0 Å². The van der Waals surface area contributed by atoms with E-state index in [1.54, 1.807) is 30.7 Å². The first kappa shape index (κ1) is 21.6. The van der Waals surface area contributed by atoms with Gasteiger partial charge in [0.05, 0.1) is 17.6 Å². The van der Waals surface area contributed by atoms with Gasteiger partial charge in [-0.1, -0.05) is 24.3 Å². The maximum Gasteiger partial charge on any atom is 0.263 e. The van der Waals surface area contributed by atoms with E-state index in [1.165, 1.54) is 12.1 Å². The fourth-order valence-corrected chi connectivity index (χ4v) is 3.99. The highest BCUT2D eigenvalue weighted by molar-refractivity contribution is 5.71. The minimum atomic E-state index is -2.52. The molecular formula is C26H22F2N6. The summed E-state index contributed by atoms with van der Waals surface area (Å²) >= 11 is 0. The fourth-order valence-electron chi connectivity index (χ4n) is 3.99. The Morgan fingerprint density at radius 2 is 1.82 bits per heavy atom. The molecule has 0 atom stereocenters. The molecule has 4 heterocycles. The quantitative estimate of drug-likeness (QED) is 0.338. The van der Waals surface area contributed by atoms with Crippen LogP contribution in [0.4, 0.5) is 14.6 Å². The van der Waals surface area contributed by atoms with E-state index in [2.05, 4.69) is 37.4 Å². The van der Waals surface area contributed by atoms with Crippen LogP contribution >= 0.6 is 0 Å². The molecule has 0 unspecified atom stereocenters. The second kappa shape index (κ2) is 8.97. The van der Waals surface area contributed by atoms with Gasteiger partial charge >= 0.3 is 0 Å². The Bertz CT molecular complexity index is 1480. The van der Waals surface area contributed by atoms with Crippen LogP contribution in [-0.4, -0.2) is 24.3 Å². The fraction of sp³-hybridized carbons (Fsp3) is 0.154. The zero-order chi connectivity index (χ0) is 23.7. The molecule has 1 N–H and O–H groups in total. The van der Waals surface area contributed by atoms with Crippen molar-refractivity contribution in [2.24, 2.45) is 0 Å². The lowest BCUT2D eigenvalue weighted by molar-refractivity contribution is 0.151. The average molecular weight is 457 g/mol. The van der Waals surface area contributed by atoms with Gasteiger partial charge in [-0.05, 0) is 42.7 Å². The second-order valence-electron chi connectivity index (χ2n) is 8.15. The first-order valence-corrected chi connectivity index (χ1v) is 10.8. The number of nitrogens with one attached hydrogen (secondary N) is 1. The maximum atomic E-state index is 13.1. The van der Waals surface area contributed by atoms with Crippen LogP contribution in [0, 0.1) is 13.8 Å². The van der Waals surface area contributed by atoms with Crippen LogP contribution in [0.1, 0.15) is 28.7 Å². The van der Waals surface area contributed by atoms with Crippen molar-refractivity contribution >= 4 is 11.5 Å². The van der Waals surface area contributed by atoms with Crippen molar-refractivity contribution in [2.45, 2.75) is 26.8 Å². The smallest absolute Gasteiger partial charge is 0.263 e. The molecule has 5 rings (SSSR count). The summed E-state index contributed by atoms with van der Waals surface area (Å²) in [7, 11) is 0. The average Bonchev–Trinajstić information content (AvgIpc) is 3.28. The van der Waals surface area contributed by atoms with Crippen molar-refractivity contribution < 1.29 is 8.78 Å². The van der Waals surface area contributed by atoms with Crippen LogP contribution in [0.2, 0.25) is 0 Å². The van der Waals surface area contributed by atoms with E-state index in [4.69, 9.17) is 0 Å². The lowest BCUT2D eigenvalue weighted by Gasteiger charge is -2.11. The summed E-state index contributed by atoms with van der Waals surface area (Å²) in [6, 6.07) is 10.5. The molecule has 0 saturated carbocycles. The molecule has 0 aliphatic carbocycles. The number of aromatic nitrogens is 5. The molecular weight excluding hydrogens is 434 g/mol. The molecule has 170 valence electrons. The van der Waals surface area contributed by atoms with Crippen LogP contribution in [-0.2, 0) is 6.54 Å². The molecule has 34 heavy (non-hydrogen) atoms. The number of hydrogen-bond donors (Lipinski definition) is 1. The minimum absolute atomic E-state index is 0.0207. The number of pyridine rings is 2. The van der Waals surface area contributed by atoms with Crippen molar-refractivity contribution in [3.8, 4) is 22.5 Å². The summed E-state index contributed by atoms with van der Waals surface area (Å²) in [6.45, 7) is 4.55. The third-order valence-electron chi connectivity index (χ3n) is 5.61. The van der Waals surface area contributed by atoms with Gasteiger partial charge in [0.2, 0.25) is 0 Å². The number of nitrogens with zero attached hydrogens (tertiary/aromatic N) is 5. The number of hydrogen-bond acceptors (Lipinski definition) is 5. The Balaban J connectivity index is 1.39. The molecule has 0 radical (unpaired) electrons. The Kier molecular flexibility index (Phi) is 5.71. The lowest BCUT2D eigenvalue weighted by Crippen LogP contribution is -2.05. The molecule has 5 aromatic rings. The number of fused-ring (bicyclic) bond motifs is 1. The number of benzene rings is 1. The third-order valence-corrected chi connectivity index (χ3v) is 5.61. The summed E-state index contributed by atoms with van der Waals surface area (Å²) in [5.41, 5.74) is 7.03. The molecule has 0 spiro atoms. The Labute approximate surface area is 195 Å². The van der Waals surface area contributed by atoms with Crippen molar-refractivity contribution in [1.82, 2.24) is 24.3 Å². The molecule has 0 saturated heterocycles. The minimum Gasteiger partial charge on any atom is -0.363 e. The summed E-state index contributed by atoms with van der Waals surface area (Å²) in [6.07, 6.45) is 8.05.